The largest absolute Gasteiger partial charge is 0.478 e. The van der Waals surface area contributed by atoms with E-state index in [1.54, 1.807) is 12.1 Å². The second-order valence-corrected chi connectivity index (χ2v) is 4.42. The highest BCUT2D eigenvalue weighted by Crippen LogP contribution is 2.37. The first-order valence-electron chi connectivity index (χ1n) is 4.99. The van der Waals surface area contributed by atoms with Crippen molar-refractivity contribution < 1.29 is 14.6 Å². The molecular formula is C12H14O3. The fraction of sp³-hybridized carbons (Fsp3) is 0.417. The summed E-state index contributed by atoms with van der Waals surface area (Å²) >= 11 is 0. The third-order valence-corrected chi connectivity index (χ3v) is 2.79. The van der Waals surface area contributed by atoms with E-state index in [4.69, 9.17) is 9.84 Å². The molecule has 80 valence electrons. The van der Waals surface area contributed by atoms with Crippen molar-refractivity contribution in [3.8, 4) is 0 Å². The van der Waals surface area contributed by atoms with E-state index < -0.39 is 5.97 Å². The molecule has 2 rings (SSSR count). The van der Waals surface area contributed by atoms with Gasteiger partial charge in [-0.3, -0.25) is 0 Å². The molecule has 1 aromatic carbocycles. The summed E-state index contributed by atoms with van der Waals surface area (Å²) in [6.45, 7) is 4.12. The maximum Gasteiger partial charge on any atom is 0.335 e. The fourth-order valence-electron chi connectivity index (χ4n) is 1.62. The molecule has 1 atom stereocenters. The van der Waals surface area contributed by atoms with Gasteiger partial charge in [0.05, 0.1) is 17.3 Å². The molecule has 1 unspecified atom stereocenters. The van der Waals surface area contributed by atoms with Crippen molar-refractivity contribution in [2.75, 3.05) is 0 Å². The topological polar surface area (TPSA) is 49.8 Å². The monoisotopic (exact) mass is 206 g/mol. The van der Waals surface area contributed by atoms with E-state index in [2.05, 4.69) is 13.8 Å². The number of epoxide rings is 1. The lowest BCUT2D eigenvalue weighted by Crippen LogP contribution is -2.06. The van der Waals surface area contributed by atoms with Crippen LogP contribution in [0, 0.1) is 0 Å². The highest BCUT2D eigenvalue weighted by atomic mass is 16.6. The molecular weight excluding hydrogens is 192 g/mol. The zero-order chi connectivity index (χ0) is 11.1. The summed E-state index contributed by atoms with van der Waals surface area (Å²) in [6.07, 6.45) is 1.13. The zero-order valence-electron chi connectivity index (χ0n) is 8.86. The van der Waals surface area contributed by atoms with Crippen molar-refractivity contribution >= 4 is 5.97 Å². The predicted molar refractivity (Wildman–Crippen MR) is 56.1 cm³/mol. The molecule has 0 spiro atoms. The minimum atomic E-state index is -0.885. The van der Waals surface area contributed by atoms with Crippen LogP contribution in [0.3, 0.4) is 0 Å². The van der Waals surface area contributed by atoms with Crippen molar-refractivity contribution in [2.45, 2.75) is 32.0 Å². The lowest BCUT2D eigenvalue weighted by atomic mass is 10.0. The normalized spacial score (nSPS) is 22.4. The van der Waals surface area contributed by atoms with Crippen molar-refractivity contribution in [3.05, 3.63) is 35.4 Å². The standard InChI is InChI=1S/C12H14O3/c1-12(2)10(15-12)7-8-3-5-9(6-4-8)11(13)14/h3-6,10H,7H2,1-2H3,(H,13,14). The lowest BCUT2D eigenvalue weighted by molar-refractivity contribution is 0.0697. The minimum Gasteiger partial charge on any atom is -0.478 e. The van der Waals surface area contributed by atoms with Gasteiger partial charge in [0, 0.05) is 6.42 Å². The lowest BCUT2D eigenvalue weighted by Gasteiger charge is -2.00. The highest BCUT2D eigenvalue weighted by Gasteiger charge is 2.47. The van der Waals surface area contributed by atoms with Gasteiger partial charge in [0.2, 0.25) is 0 Å². The molecule has 1 aliphatic heterocycles. The molecule has 0 bridgehead atoms. The number of carbonyl (C=O) groups is 1. The summed E-state index contributed by atoms with van der Waals surface area (Å²) in [5, 5.41) is 8.73. The summed E-state index contributed by atoms with van der Waals surface area (Å²) in [6, 6.07) is 6.96. The van der Waals surface area contributed by atoms with Crippen LogP contribution in [-0.2, 0) is 11.2 Å². The Labute approximate surface area is 88.7 Å². The molecule has 15 heavy (non-hydrogen) atoms. The van der Waals surface area contributed by atoms with Gasteiger partial charge in [0.1, 0.15) is 0 Å². The van der Waals surface area contributed by atoms with Crippen molar-refractivity contribution in [2.24, 2.45) is 0 Å². The van der Waals surface area contributed by atoms with Crippen LogP contribution >= 0.6 is 0 Å². The van der Waals surface area contributed by atoms with E-state index in [9.17, 15) is 4.79 Å². The molecule has 1 saturated heterocycles. The SMILES string of the molecule is CC1(C)OC1Cc1ccc(C(=O)O)cc1. The smallest absolute Gasteiger partial charge is 0.335 e. The number of hydrogen-bond acceptors (Lipinski definition) is 2. The molecule has 1 fully saturated rings. The molecule has 1 N–H and O–H groups in total. The zero-order valence-corrected chi connectivity index (χ0v) is 8.86. The first-order valence-corrected chi connectivity index (χ1v) is 4.99. The van der Waals surface area contributed by atoms with E-state index in [0.717, 1.165) is 12.0 Å². The fourth-order valence-corrected chi connectivity index (χ4v) is 1.62. The quantitative estimate of drug-likeness (QED) is 0.770. The molecule has 0 radical (unpaired) electrons. The molecule has 0 aromatic heterocycles. The number of carboxylic acid groups (broad SMARTS) is 1. The highest BCUT2D eigenvalue weighted by molar-refractivity contribution is 5.87. The number of ether oxygens (including phenoxy) is 1. The Kier molecular flexibility index (Phi) is 2.27. The van der Waals surface area contributed by atoms with E-state index in [1.165, 1.54) is 0 Å². The Morgan fingerprint density at radius 2 is 1.93 bits per heavy atom. The van der Waals surface area contributed by atoms with E-state index in [1.807, 2.05) is 12.1 Å². The summed E-state index contributed by atoms with van der Waals surface area (Å²) in [5.74, 6) is -0.885. The third-order valence-electron chi connectivity index (χ3n) is 2.79. The Hall–Kier alpha value is -1.35. The maximum atomic E-state index is 10.6. The summed E-state index contributed by atoms with van der Waals surface area (Å²) < 4.78 is 5.47. The van der Waals surface area contributed by atoms with Crippen LogP contribution in [0.25, 0.3) is 0 Å². The van der Waals surface area contributed by atoms with Gasteiger partial charge in [-0.1, -0.05) is 12.1 Å². The van der Waals surface area contributed by atoms with E-state index in [-0.39, 0.29) is 11.7 Å². The van der Waals surface area contributed by atoms with Gasteiger partial charge in [0.15, 0.2) is 0 Å². The number of aromatic carboxylic acids is 1. The average Bonchev–Trinajstić information content (AvgIpc) is 2.74. The number of benzene rings is 1. The first kappa shape index (κ1) is 10.2. The van der Waals surface area contributed by atoms with Crippen molar-refractivity contribution in [1.82, 2.24) is 0 Å². The van der Waals surface area contributed by atoms with Crippen molar-refractivity contribution in [3.63, 3.8) is 0 Å². The van der Waals surface area contributed by atoms with Crippen LogP contribution in [0.1, 0.15) is 29.8 Å². The van der Waals surface area contributed by atoms with E-state index in [0.29, 0.717) is 5.56 Å². The minimum absolute atomic E-state index is 0.00846. The molecule has 0 amide bonds. The number of hydrogen-bond donors (Lipinski definition) is 1. The van der Waals surface area contributed by atoms with Gasteiger partial charge >= 0.3 is 5.97 Å². The second-order valence-electron chi connectivity index (χ2n) is 4.42. The molecule has 0 saturated carbocycles. The maximum absolute atomic E-state index is 10.6. The van der Waals surface area contributed by atoms with Gasteiger partial charge in [-0.2, -0.15) is 0 Å². The van der Waals surface area contributed by atoms with E-state index >= 15 is 0 Å². The van der Waals surface area contributed by atoms with Crippen LogP contribution in [0.15, 0.2) is 24.3 Å². The first-order chi connectivity index (χ1) is 6.99. The third kappa shape index (κ3) is 2.18. The van der Waals surface area contributed by atoms with Crippen LogP contribution in [0.4, 0.5) is 0 Å². The van der Waals surface area contributed by atoms with Crippen LogP contribution in [-0.4, -0.2) is 22.8 Å². The van der Waals surface area contributed by atoms with Crippen LogP contribution in [0.2, 0.25) is 0 Å². The molecule has 3 heteroatoms. The number of rotatable bonds is 3. The average molecular weight is 206 g/mol. The Balaban J connectivity index is 2.02. The van der Waals surface area contributed by atoms with Gasteiger partial charge in [-0.25, -0.2) is 4.79 Å². The molecule has 0 aliphatic carbocycles. The predicted octanol–water partition coefficient (Wildman–Crippen LogP) is 2.10. The summed E-state index contributed by atoms with van der Waals surface area (Å²) in [4.78, 5) is 10.6. The Morgan fingerprint density at radius 1 is 1.40 bits per heavy atom. The van der Waals surface area contributed by atoms with Crippen LogP contribution < -0.4 is 0 Å². The van der Waals surface area contributed by atoms with Gasteiger partial charge in [-0.05, 0) is 31.5 Å². The molecule has 1 heterocycles. The molecule has 3 nitrogen and oxygen atoms in total. The Morgan fingerprint density at radius 3 is 2.33 bits per heavy atom. The summed E-state index contributed by atoms with van der Waals surface area (Å²) in [7, 11) is 0. The summed E-state index contributed by atoms with van der Waals surface area (Å²) in [5.41, 5.74) is 1.44. The molecule has 1 aromatic rings. The van der Waals surface area contributed by atoms with Crippen LogP contribution in [0.5, 0.6) is 0 Å². The van der Waals surface area contributed by atoms with Crippen molar-refractivity contribution in [1.29, 1.82) is 0 Å². The Bertz CT molecular complexity index is 378. The number of carboxylic acids is 1. The van der Waals surface area contributed by atoms with Gasteiger partial charge in [0.25, 0.3) is 0 Å². The second kappa shape index (κ2) is 3.35. The molecule has 1 aliphatic rings. The van der Waals surface area contributed by atoms with Gasteiger partial charge in [-0.15, -0.1) is 0 Å². The van der Waals surface area contributed by atoms with Gasteiger partial charge < -0.3 is 9.84 Å².